The van der Waals surface area contributed by atoms with E-state index in [1.165, 1.54) is 0 Å². The van der Waals surface area contributed by atoms with Crippen LogP contribution in [0.15, 0.2) is 18.2 Å². The number of hydrogen-bond donors (Lipinski definition) is 1. The van der Waals surface area contributed by atoms with Crippen LogP contribution in [-0.4, -0.2) is 112 Å². The van der Waals surface area contributed by atoms with Crippen molar-refractivity contribution in [2.75, 3.05) is 66.8 Å². The molecule has 2 fully saturated rings. The summed E-state index contributed by atoms with van der Waals surface area (Å²) in [7, 11) is 3.34. The number of nitrogens with zero attached hydrogens (tertiary/aromatic N) is 2. The predicted octanol–water partition coefficient (Wildman–Crippen LogP) is 6.17. The third-order valence-corrected chi connectivity index (χ3v) is 9.79. The summed E-state index contributed by atoms with van der Waals surface area (Å²) in [5, 5.41) is 3.20. The van der Waals surface area contributed by atoms with E-state index >= 15 is 0 Å². The molecule has 0 aliphatic carbocycles. The second-order valence-corrected chi connectivity index (χ2v) is 16.0. The standard InChI is InChI=1S/C39H67N3O8/c1-27(2)30(23-29-13-14-33(46-11)35(24-29)48-20-12-19-45-10)25-34-32(42(39(8,9)49-34)37(44)50-38(5,6)7)26-31(28(3)4)36(43)40-15-16-41-17-21-47-22-18-41/h13-14,24,27-28,30-32,34H,12,15-23,25-26H2,1-11H3,(H,40,43)/t30-,31-,32-,34-/m0/s1. The van der Waals surface area contributed by atoms with Crippen molar-refractivity contribution in [3.63, 3.8) is 0 Å². The van der Waals surface area contributed by atoms with Gasteiger partial charge in [-0.05, 0) is 89.3 Å². The summed E-state index contributed by atoms with van der Waals surface area (Å²) in [5.41, 5.74) is -0.456. The molecule has 3 rings (SSSR count). The number of carbonyl (C=O) groups is 2. The molecular formula is C39H67N3O8. The van der Waals surface area contributed by atoms with E-state index in [1.807, 2.05) is 40.7 Å². The fourth-order valence-corrected chi connectivity index (χ4v) is 6.97. The number of ether oxygens (including phenoxy) is 6. The number of benzene rings is 1. The molecule has 0 aromatic heterocycles. The summed E-state index contributed by atoms with van der Waals surface area (Å²) in [5.74, 6) is 1.73. The molecule has 1 aromatic rings. The quantitative estimate of drug-likeness (QED) is 0.180. The van der Waals surface area contributed by atoms with Crippen LogP contribution >= 0.6 is 0 Å². The highest BCUT2D eigenvalue weighted by molar-refractivity contribution is 5.79. The van der Waals surface area contributed by atoms with Crippen molar-refractivity contribution in [2.45, 2.75) is 111 Å². The lowest BCUT2D eigenvalue weighted by Crippen LogP contribution is -2.52. The van der Waals surface area contributed by atoms with Gasteiger partial charge in [-0.25, -0.2) is 4.79 Å². The van der Waals surface area contributed by atoms with E-state index in [9.17, 15) is 9.59 Å². The summed E-state index contributed by atoms with van der Waals surface area (Å²) in [4.78, 5) is 31.8. The molecule has 1 aromatic carbocycles. The molecule has 2 aliphatic rings. The molecule has 50 heavy (non-hydrogen) atoms. The molecule has 0 radical (unpaired) electrons. The molecular weight excluding hydrogens is 638 g/mol. The molecule has 11 heteroatoms. The first kappa shape index (κ1) is 41.8. The monoisotopic (exact) mass is 705 g/mol. The van der Waals surface area contributed by atoms with Crippen LogP contribution in [0.1, 0.15) is 87.1 Å². The van der Waals surface area contributed by atoms with Gasteiger partial charge in [-0.1, -0.05) is 33.8 Å². The summed E-state index contributed by atoms with van der Waals surface area (Å²) < 4.78 is 35.1. The fourth-order valence-electron chi connectivity index (χ4n) is 6.97. The topological polar surface area (TPSA) is 108 Å². The molecule has 1 N–H and O–H groups in total. The first-order valence-electron chi connectivity index (χ1n) is 18.6. The molecule has 2 heterocycles. The SMILES string of the molecule is COCCCOc1cc(C[C@@H](C[C@@H]2OC(C)(C)N(C(=O)OC(C)(C)C)[C@H]2C[C@H](C(=O)NCCN2CCOCC2)C(C)C)C(C)C)ccc1OC. The van der Waals surface area contributed by atoms with Crippen molar-refractivity contribution in [1.82, 2.24) is 15.1 Å². The van der Waals surface area contributed by atoms with Crippen molar-refractivity contribution in [1.29, 1.82) is 0 Å². The Labute approximate surface area is 302 Å². The number of morpholine rings is 1. The third kappa shape index (κ3) is 12.6. The molecule has 286 valence electrons. The average Bonchev–Trinajstić information content (AvgIpc) is 3.29. The van der Waals surface area contributed by atoms with Gasteiger partial charge in [0.15, 0.2) is 11.5 Å². The number of amides is 2. The fraction of sp³-hybridized carbons (Fsp3) is 0.795. The van der Waals surface area contributed by atoms with Gasteiger partial charge in [0.1, 0.15) is 11.3 Å². The van der Waals surface area contributed by atoms with Crippen LogP contribution in [0, 0.1) is 23.7 Å². The maximum Gasteiger partial charge on any atom is 0.412 e. The summed E-state index contributed by atoms with van der Waals surface area (Å²) in [6.07, 6.45) is 2.05. The second-order valence-electron chi connectivity index (χ2n) is 16.0. The Morgan fingerprint density at radius 3 is 2.30 bits per heavy atom. The van der Waals surface area contributed by atoms with E-state index in [0.717, 1.165) is 57.0 Å². The van der Waals surface area contributed by atoms with Crippen LogP contribution in [0.25, 0.3) is 0 Å². The Bertz CT molecular complexity index is 1190. The maximum atomic E-state index is 13.9. The minimum Gasteiger partial charge on any atom is -0.493 e. The lowest BCUT2D eigenvalue weighted by Gasteiger charge is -2.37. The molecule has 0 spiro atoms. The molecule has 11 nitrogen and oxygen atoms in total. The number of nitrogens with one attached hydrogen (secondary N) is 1. The largest absolute Gasteiger partial charge is 0.493 e. The summed E-state index contributed by atoms with van der Waals surface area (Å²) in [6.45, 7) is 23.8. The van der Waals surface area contributed by atoms with Gasteiger partial charge in [-0.3, -0.25) is 14.6 Å². The van der Waals surface area contributed by atoms with Crippen molar-refractivity contribution >= 4 is 12.0 Å². The van der Waals surface area contributed by atoms with Gasteiger partial charge in [0.2, 0.25) is 5.91 Å². The zero-order valence-corrected chi connectivity index (χ0v) is 32.8. The molecule has 2 amide bonds. The van der Waals surface area contributed by atoms with Crippen LogP contribution in [-0.2, 0) is 30.2 Å². The molecule has 2 saturated heterocycles. The van der Waals surface area contributed by atoms with Gasteiger partial charge in [-0.2, -0.15) is 0 Å². The predicted molar refractivity (Wildman–Crippen MR) is 196 cm³/mol. The highest BCUT2D eigenvalue weighted by Gasteiger charge is 2.52. The van der Waals surface area contributed by atoms with Gasteiger partial charge in [0.25, 0.3) is 0 Å². The molecule has 0 bridgehead atoms. The van der Waals surface area contributed by atoms with Gasteiger partial charge in [0, 0.05) is 52.2 Å². The Balaban J connectivity index is 1.86. The van der Waals surface area contributed by atoms with Crippen LogP contribution in [0.4, 0.5) is 4.79 Å². The Morgan fingerprint density at radius 1 is 1.00 bits per heavy atom. The summed E-state index contributed by atoms with van der Waals surface area (Å²) >= 11 is 0. The minimum absolute atomic E-state index is 0.0116. The number of methoxy groups -OCH3 is 2. The van der Waals surface area contributed by atoms with Crippen LogP contribution in [0.2, 0.25) is 0 Å². The highest BCUT2D eigenvalue weighted by atomic mass is 16.6. The summed E-state index contributed by atoms with van der Waals surface area (Å²) in [6, 6.07) is 5.77. The van der Waals surface area contributed by atoms with Gasteiger partial charge in [0.05, 0.1) is 39.1 Å². The van der Waals surface area contributed by atoms with Gasteiger partial charge in [-0.15, -0.1) is 0 Å². The highest BCUT2D eigenvalue weighted by Crippen LogP contribution is 2.41. The van der Waals surface area contributed by atoms with Gasteiger partial charge < -0.3 is 33.7 Å². The van der Waals surface area contributed by atoms with E-state index in [0.29, 0.717) is 44.3 Å². The maximum absolute atomic E-state index is 13.9. The lowest BCUT2D eigenvalue weighted by atomic mass is 9.80. The third-order valence-electron chi connectivity index (χ3n) is 9.79. The van der Waals surface area contributed by atoms with Crippen molar-refractivity contribution < 1.29 is 38.0 Å². The normalized spacial score (nSPS) is 20.9. The van der Waals surface area contributed by atoms with Crippen molar-refractivity contribution in [3.8, 4) is 11.5 Å². The first-order chi connectivity index (χ1) is 23.6. The number of hydrogen-bond acceptors (Lipinski definition) is 9. The minimum atomic E-state index is -0.920. The first-order valence-corrected chi connectivity index (χ1v) is 18.6. The molecule has 2 aliphatic heterocycles. The van der Waals surface area contributed by atoms with Crippen LogP contribution in [0.3, 0.4) is 0 Å². The van der Waals surface area contributed by atoms with E-state index in [2.05, 4.69) is 50.0 Å². The van der Waals surface area contributed by atoms with Gasteiger partial charge >= 0.3 is 6.09 Å². The lowest BCUT2D eigenvalue weighted by molar-refractivity contribution is -0.127. The number of carbonyl (C=O) groups excluding carboxylic acids is 2. The zero-order chi connectivity index (χ0) is 37.1. The number of rotatable bonds is 18. The zero-order valence-electron chi connectivity index (χ0n) is 32.8. The van der Waals surface area contributed by atoms with E-state index in [-0.39, 0.29) is 35.8 Å². The van der Waals surface area contributed by atoms with Crippen molar-refractivity contribution in [3.05, 3.63) is 23.8 Å². The Hall–Kier alpha value is -2.60. The Kier molecular flexibility index (Phi) is 16.1. The van der Waals surface area contributed by atoms with Crippen LogP contribution in [0.5, 0.6) is 11.5 Å². The van der Waals surface area contributed by atoms with E-state index in [1.54, 1.807) is 19.1 Å². The average molecular weight is 706 g/mol. The molecule has 0 unspecified atom stereocenters. The van der Waals surface area contributed by atoms with Crippen LogP contribution < -0.4 is 14.8 Å². The molecule has 0 saturated carbocycles. The Morgan fingerprint density at radius 2 is 1.70 bits per heavy atom. The van der Waals surface area contributed by atoms with Crippen molar-refractivity contribution in [2.24, 2.45) is 23.7 Å². The van der Waals surface area contributed by atoms with E-state index < -0.39 is 17.4 Å². The molecule has 4 atom stereocenters. The second kappa shape index (κ2) is 19.3. The van der Waals surface area contributed by atoms with E-state index in [4.69, 9.17) is 28.4 Å². The smallest absolute Gasteiger partial charge is 0.412 e.